The summed E-state index contributed by atoms with van der Waals surface area (Å²) in [5.74, 6) is -2.09. The lowest BCUT2D eigenvalue weighted by Gasteiger charge is -2.25. The zero-order valence-electron chi connectivity index (χ0n) is 10.8. The molecule has 2 atom stereocenters. The Morgan fingerprint density at radius 2 is 2.30 bits per heavy atom. The minimum Gasteiger partial charge on any atom is -0.481 e. The molecule has 1 saturated heterocycles. The summed E-state index contributed by atoms with van der Waals surface area (Å²) in [5, 5.41) is 20.0. The number of carboxylic acid groups (broad SMARTS) is 1. The zero-order chi connectivity index (χ0) is 14.9. The minimum absolute atomic E-state index is 0.0417. The summed E-state index contributed by atoms with van der Waals surface area (Å²) in [5.41, 5.74) is 0. The van der Waals surface area contributed by atoms with Crippen LogP contribution in [0.2, 0.25) is 0 Å². The standard InChI is InChI=1S/C12H14N2O5S/c1-2-5-13-9(15)6-7(12(16)17)11(13)8-3-4-10(20-8)14(18)19/h3-4,7,11H,2,5-6H2,1H3,(H,16,17). The van der Waals surface area contributed by atoms with E-state index in [9.17, 15) is 24.8 Å². The molecule has 0 aromatic carbocycles. The van der Waals surface area contributed by atoms with Crippen LogP contribution in [0.5, 0.6) is 0 Å². The van der Waals surface area contributed by atoms with E-state index in [1.54, 1.807) is 6.07 Å². The number of rotatable bonds is 5. The molecular weight excluding hydrogens is 284 g/mol. The van der Waals surface area contributed by atoms with Crippen LogP contribution in [0, 0.1) is 16.0 Å². The van der Waals surface area contributed by atoms with Crippen molar-refractivity contribution in [3.8, 4) is 0 Å². The third kappa shape index (κ3) is 2.51. The van der Waals surface area contributed by atoms with Crippen LogP contribution in [0.25, 0.3) is 0 Å². The molecule has 1 amide bonds. The zero-order valence-corrected chi connectivity index (χ0v) is 11.6. The topological polar surface area (TPSA) is 101 Å². The highest BCUT2D eigenvalue weighted by Gasteiger charge is 2.45. The first kappa shape index (κ1) is 14.4. The molecule has 1 aromatic heterocycles. The Bertz CT molecular complexity index is 556. The molecule has 1 fully saturated rings. The molecule has 108 valence electrons. The van der Waals surface area contributed by atoms with Gasteiger partial charge in [0, 0.05) is 23.9 Å². The fourth-order valence-electron chi connectivity index (χ4n) is 2.47. The predicted molar refractivity (Wildman–Crippen MR) is 71.5 cm³/mol. The van der Waals surface area contributed by atoms with E-state index in [0.717, 1.165) is 11.3 Å². The van der Waals surface area contributed by atoms with Gasteiger partial charge >= 0.3 is 11.0 Å². The summed E-state index contributed by atoms with van der Waals surface area (Å²) in [6.45, 7) is 2.36. The highest BCUT2D eigenvalue weighted by Crippen LogP contribution is 2.42. The Hall–Kier alpha value is -1.96. The second-order valence-corrected chi connectivity index (χ2v) is 5.71. The van der Waals surface area contributed by atoms with Gasteiger partial charge in [-0.2, -0.15) is 0 Å². The Labute approximate surface area is 119 Å². The largest absolute Gasteiger partial charge is 0.481 e. The molecule has 2 heterocycles. The molecule has 1 aromatic rings. The molecule has 8 heteroatoms. The van der Waals surface area contributed by atoms with Crippen molar-refractivity contribution in [3.63, 3.8) is 0 Å². The Kier molecular flexibility index (Phi) is 4.03. The number of hydrogen-bond donors (Lipinski definition) is 1. The number of nitrogens with zero attached hydrogens (tertiary/aromatic N) is 2. The SMILES string of the molecule is CCCN1C(=O)CC(C(=O)O)C1c1ccc([N+](=O)[O-])s1. The highest BCUT2D eigenvalue weighted by atomic mass is 32.1. The fourth-order valence-corrected chi connectivity index (χ4v) is 3.47. The summed E-state index contributed by atoms with van der Waals surface area (Å²) in [6, 6.07) is 2.30. The first-order valence-corrected chi connectivity index (χ1v) is 7.03. The molecule has 0 aliphatic carbocycles. The lowest BCUT2D eigenvalue weighted by atomic mass is 9.99. The van der Waals surface area contributed by atoms with Gasteiger partial charge in [-0.25, -0.2) is 0 Å². The van der Waals surface area contributed by atoms with Crippen LogP contribution in [0.4, 0.5) is 5.00 Å². The maximum atomic E-state index is 11.9. The predicted octanol–water partition coefficient (Wildman–Crippen LogP) is 2.04. The van der Waals surface area contributed by atoms with Crippen molar-refractivity contribution in [2.45, 2.75) is 25.8 Å². The molecule has 0 spiro atoms. The van der Waals surface area contributed by atoms with E-state index < -0.39 is 22.9 Å². The first-order valence-electron chi connectivity index (χ1n) is 6.22. The summed E-state index contributed by atoms with van der Waals surface area (Å²) in [4.78, 5) is 35.6. The number of likely N-dealkylation sites (tertiary alicyclic amines) is 1. The summed E-state index contributed by atoms with van der Waals surface area (Å²) >= 11 is 0.935. The van der Waals surface area contributed by atoms with Gasteiger partial charge in [-0.05, 0) is 12.5 Å². The molecule has 0 bridgehead atoms. The van der Waals surface area contributed by atoms with Crippen molar-refractivity contribution >= 4 is 28.2 Å². The fraction of sp³-hybridized carbons (Fsp3) is 0.500. The van der Waals surface area contributed by atoms with E-state index in [0.29, 0.717) is 17.8 Å². The van der Waals surface area contributed by atoms with Gasteiger partial charge < -0.3 is 10.0 Å². The van der Waals surface area contributed by atoms with Crippen LogP contribution < -0.4 is 0 Å². The number of nitro groups is 1. The molecule has 1 N–H and O–H groups in total. The summed E-state index contributed by atoms with van der Waals surface area (Å²) in [7, 11) is 0. The van der Waals surface area contributed by atoms with Gasteiger partial charge in [0.25, 0.3) is 0 Å². The molecular formula is C12H14N2O5S. The van der Waals surface area contributed by atoms with Crippen molar-refractivity contribution in [3.05, 3.63) is 27.1 Å². The second-order valence-electron chi connectivity index (χ2n) is 4.61. The summed E-state index contributed by atoms with van der Waals surface area (Å²) < 4.78 is 0. The third-order valence-corrected chi connectivity index (χ3v) is 4.41. The quantitative estimate of drug-likeness (QED) is 0.662. The van der Waals surface area contributed by atoms with Gasteiger partial charge in [0.15, 0.2) is 0 Å². The average molecular weight is 298 g/mol. The number of carbonyl (C=O) groups is 2. The smallest absolute Gasteiger partial charge is 0.324 e. The maximum absolute atomic E-state index is 11.9. The molecule has 7 nitrogen and oxygen atoms in total. The number of amides is 1. The van der Waals surface area contributed by atoms with E-state index in [1.807, 2.05) is 6.92 Å². The van der Waals surface area contributed by atoms with E-state index in [2.05, 4.69) is 0 Å². The minimum atomic E-state index is -1.04. The first-order chi connectivity index (χ1) is 9.45. The molecule has 2 unspecified atom stereocenters. The van der Waals surface area contributed by atoms with Crippen LogP contribution >= 0.6 is 11.3 Å². The second kappa shape index (κ2) is 5.58. The lowest BCUT2D eigenvalue weighted by Crippen LogP contribution is -2.30. The number of carbonyl (C=O) groups excluding carboxylic acids is 1. The Balaban J connectivity index is 2.37. The van der Waals surface area contributed by atoms with Crippen molar-refractivity contribution in [1.29, 1.82) is 0 Å². The number of carboxylic acids is 1. The maximum Gasteiger partial charge on any atom is 0.324 e. The molecule has 20 heavy (non-hydrogen) atoms. The van der Waals surface area contributed by atoms with Gasteiger partial charge in [0.2, 0.25) is 5.91 Å². The van der Waals surface area contributed by atoms with Gasteiger partial charge in [-0.1, -0.05) is 18.3 Å². The molecule has 1 aliphatic heterocycles. The van der Waals surface area contributed by atoms with Crippen molar-refractivity contribution in [2.75, 3.05) is 6.54 Å². The van der Waals surface area contributed by atoms with Crippen molar-refractivity contribution < 1.29 is 19.6 Å². The molecule has 2 rings (SSSR count). The van der Waals surface area contributed by atoms with E-state index >= 15 is 0 Å². The molecule has 0 saturated carbocycles. The van der Waals surface area contributed by atoms with Gasteiger partial charge in [-0.15, -0.1) is 0 Å². The Morgan fingerprint density at radius 1 is 1.60 bits per heavy atom. The normalized spacial score (nSPS) is 22.2. The van der Waals surface area contributed by atoms with Gasteiger partial charge in [0.05, 0.1) is 16.9 Å². The lowest BCUT2D eigenvalue weighted by molar-refractivity contribution is -0.380. The van der Waals surface area contributed by atoms with Crippen LogP contribution in [0.15, 0.2) is 12.1 Å². The van der Waals surface area contributed by atoms with Crippen molar-refractivity contribution in [2.24, 2.45) is 5.92 Å². The Morgan fingerprint density at radius 3 is 2.80 bits per heavy atom. The van der Waals surface area contributed by atoms with E-state index in [1.165, 1.54) is 11.0 Å². The van der Waals surface area contributed by atoms with E-state index in [-0.39, 0.29) is 17.3 Å². The van der Waals surface area contributed by atoms with Crippen LogP contribution in [0.1, 0.15) is 30.7 Å². The van der Waals surface area contributed by atoms with E-state index in [4.69, 9.17) is 0 Å². The average Bonchev–Trinajstić information content (AvgIpc) is 2.95. The monoisotopic (exact) mass is 298 g/mol. The van der Waals surface area contributed by atoms with Gasteiger partial charge in [0.1, 0.15) is 0 Å². The highest BCUT2D eigenvalue weighted by molar-refractivity contribution is 7.15. The summed E-state index contributed by atoms with van der Waals surface area (Å²) in [6.07, 6.45) is 0.660. The number of aliphatic carboxylic acids is 1. The van der Waals surface area contributed by atoms with Crippen LogP contribution in [-0.4, -0.2) is 33.4 Å². The third-order valence-electron chi connectivity index (χ3n) is 3.30. The molecule has 0 radical (unpaired) electrons. The van der Waals surface area contributed by atoms with Gasteiger partial charge in [-0.3, -0.25) is 19.7 Å². The van der Waals surface area contributed by atoms with Crippen molar-refractivity contribution in [1.82, 2.24) is 4.90 Å². The number of hydrogen-bond acceptors (Lipinski definition) is 5. The molecule has 1 aliphatic rings. The number of thiophene rings is 1. The van der Waals surface area contributed by atoms with Crippen LogP contribution in [-0.2, 0) is 9.59 Å². The van der Waals surface area contributed by atoms with Crippen LogP contribution in [0.3, 0.4) is 0 Å².